The molecule has 2 rings (SSSR count). The van der Waals surface area contributed by atoms with Crippen molar-refractivity contribution in [3.8, 4) is 0 Å². The lowest BCUT2D eigenvalue weighted by Crippen LogP contribution is -2.47. The molecular weight excluding hydrogens is 256 g/mol. The number of nitrogens with zero attached hydrogens (tertiary/aromatic N) is 3. The number of carbonyl (C=O) groups excluding carboxylic acids is 1. The zero-order valence-electron chi connectivity index (χ0n) is 12.6. The minimum absolute atomic E-state index is 0.109. The Morgan fingerprint density at radius 3 is 2.70 bits per heavy atom. The molecule has 1 unspecified atom stereocenters. The molecule has 6 heteroatoms. The van der Waals surface area contributed by atoms with E-state index in [0.717, 1.165) is 19.3 Å². The molecule has 6 nitrogen and oxygen atoms in total. The molecule has 1 N–H and O–H groups in total. The summed E-state index contributed by atoms with van der Waals surface area (Å²) < 4.78 is 5.37. The summed E-state index contributed by atoms with van der Waals surface area (Å²) in [4.78, 5) is 14.3. The third-order valence-corrected chi connectivity index (χ3v) is 3.88. The Balaban J connectivity index is 1.90. The SMILES string of the molecule is CCC(C(=O)NC1CCCC1)N(C)Cc1nnc(C)o1. The maximum atomic E-state index is 12.3. The lowest BCUT2D eigenvalue weighted by molar-refractivity contribution is -0.127. The number of rotatable bonds is 6. The Morgan fingerprint density at radius 1 is 1.45 bits per heavy atom. The van der Waals surface area contributed by atoms with Gasteiger partial charge in [-0.05, 0) is 26.3 Å². The van der Waals surface area contributed by atoms with Crippen molar-refractivity contribution in [1.29, 1.82) is 0 Å². The average Bonchev–Trinajstić information content (AvgIpc) is 3.02. The van der Waals surface area contributed by atoms with Crippen LogP contribution < -0.4 is 5.32 Å². The minimum atomic E-state index is -0.150. The predicted molar refractivity (Wildman–Crippen MR) is 75.0 cm³/mol. The lowest BCUT2D eigenvalue weighted by Gasteiger charge is -2.26. The summed E-state index contributed by atoms with van der Waals surface area (Å²) in [5, 5.41) is 10.9. The molecular formula is C14H24N4O2. The standard InChI is InChI=1S/C14H24N4O2/c1-4-12(14(19)15-11-7-5-6-8-11)18(3)9-13-17-16-10(2)20-13/h11-12H,4-9H2,1-3H3,(H,15,19). The first-order valence-electron chi connectivity index (χ1n) is 7.39. The molecule has 0 bridgehead atoms. The first-order chi connectivity index (χ1) is 9.60. The molecule has 20 heavy (non-hydrogen) atoms. The van der Waals surface area contributed by atoms with E-state index in [2.05, 4.69) is 15.5 Å². The summed E-state index contributed by atoms with van der Waals surface area (Å²) >= 11 is 0. The van der Waals surface area contributed by atoms with Crippen molar-refractivity contribution in [3.05, 3.63) is 11.8 Å². The maximum absolute atomic E-state index is 12.3. The second-order valence-corrected chi connectivity index (χ2v) is 5.54. The van der Waals surface area contributed by atoms with Crippen molar-refractivity contribution in [2.45, 2.75) is 64.6 Å². The fourth-order valence-electron chi connectivity index (χ4n) is 2.79. The van der Waals surface area contributed by atoms with Crippen molar-refractivity contribution in [2.75, 3.05) is 7.05 Å². The summed E-state index contributed by atoms with van der Waals surface area (Å²) in [5.74, 6) is 1.21. The van der Waals surface area contributed by atoms with Crippen LogP contribution in [0.15, 0.2) is 4.42 Å². The molecule has 1 amide bonds. The van der Waals surface area contributed by atoms with E-state index in [4.69, 9.17) is 4.42 Å². The second kappa shape index (κ2) is 6.83. The maximum Gasteiger partial charge on any atom is 0.237 e. The second-order valence-electron chi connectivity index (χ2n) is 5.54. The Bertz CT molecular complexity index is 440. The molecule has 0 aromatic carbocycles. The number of likely N-dealkylation sites (N-methyl/N-ethyl adjacent to an activating group) is 1. The summed E-state index contributed by atoms with van der Waals surface area (Å²) in [5.41, 5.74) is 0. The van der Waals surface area contributed by atoms with Crippen LogP contribution in [-0.4, -0.2) is 40.1 Å². The molecule has 0 saturated heterocycles. The number of aryl methyl sites for hydroxylation is 1. The van der Waals surface area contributed by atoms with E-state index < -0.39 is 0 Å². The van der Waals surface area contributed by atoms with Crippen LogP contribution in [0.25, 0.3) is 0 Å². The van der Waals surface area contributed by atoms with Gasteiger partial charge in [0.1, 0.15) is 0 Å². The predicted octanol–water partition coefficient (Wildman–Crippen LogP) is 1.65. The van der Waals surface area contributed by atoms with Crippen LogP contribution in [0.2, 0.25) is 0 Å². The topological polar surface area (TPSA) is 71.3 Å². The zero-order valence-corrected chi connectivity index (χ0v) is 12.6. The van der Waals surface area contributed by atoms with Crippen LogP contribution in [0.4, 0.5) is 0 Å². The molecule has 1 aromatic heterocycles. The van der Waals surface area contributed by atoms with Crippen molar-refractivity contribution >= 4 is 5.91 Å². The van der Waals surface area contributed by atoms with Crippen LogP contribution in [0.1, 0.15) is 50.8 Å². The van der Waals surface area contributed by atoms with Crippen LogP contribution in [-0.2, 0) is 11.3 Å². The highest BCUT2D eigenvalue weighted by Crippen LogP contribution is 2.18. The monoisotopic (exact) mass is 280 g/mol. The molecule has 1 aliphatic rings. The van der Waals surface area contributed by atoms with E-state index in [9.17, 15) is 4.79 Å². The fraction of sp³-hybridized carbons (Fsp3) is 0.786. The number of aromatic nitrogens is 2. The van der Waals surface area contributed by atoms with Crippen molar-refractivity contribution in [2.24, 2.45) is 0 Å². The fourth-order valence-corrected chi connectivity index (χ4v) is 2.79. The van der Waals surface area contributed by atoms with Crippen LogP contribution in [0, 0.1) is 6.92 Å². The van der Waals surface area contributed by atoms with Crippen LogP contribution >= 0.6 is 0 Å². The molecule has 112 valence electrons. The summed E-state index contributed by atoms with van der Waals surface area (Å²) in [6.45, 7) is 4.28. The third-order valence-electron chi connectivity index (χ3n) is 3.88. The summed E-state index contributed by atoms with van der Waals surface area (Å²) in [6, 6.07) is 0.207. The molecule has 1 saturated carbocycles. The first-order valence-corrected chi connectivity index (χ1v) is 7.39. The first kappa shape index (κ1) is 15.0. The molecule has 0 aliphatic heterocycles. The van der Waals surface area contributed by atoms with Gasteiger partial charge in [-0.3, -0.25) is 9.69 Å². The normalized spacial score (nSPS) is 17.6. The van der Waals surface area contributed by atoms with Gasteiger partial charge in [-0.2, -0.15) is 0 Å². The number of hydrogen-bond donors (Lipinski definition) is 1. The van der Waals surface area contributed by atoms with Gasteiger partial charge >= 0.3 is 0 Å². The zero-order chi connectivity index (χ0) is 14.5. The molecule has 0 radical (unpaired) electrons. The molecule has 1 heterocycles. The minimum Gasteiger partial charge on any atom is -0.424 e. The number of carbonyl (C=O) groups is 1. The van der Waals surface area contributed by atoms with E-state index in [1.807, 2.05) is 18.9 Å². The highest BCUT2D eigenvalue weighted by atomic mass is 16.4. The van der Waals surface area contributed by atoms with Crippen molar-refractivity contribution < 1.29 is 9.21 Å². The quantitative estimate of drug-likeness (QED) is 0.858. The van der Waals surface area contributed by atoms with E-state index >= 15 is 0 Å². The molecule has 1 atom stereocenters. The molecule has 1 aromatic rings. The Morgan fingerprint density at radius 2 is 2.15 bits per heavy atom. The number of hydrogen-bond acceptors (Lipinski definition) is 5. The van der Waals surface area contributed by atoms with E-state index in [-0.39, 0.29) is 11.9 Å². The van der Waals surface area contributed by atoms with Crippen molar-refractivity contribution in [1.82, 2.24) is 20.4 Å². The van der Waals surface area contributed by atoms with Gasteiger partial charge in [0, 0.05) is 13.0 Å². The molecule has 1 aliphatic carbocycles. The van der Waals surface area contributed by atoms with Gasteiger partial charge in [-0.1, -0.05) is 19.8 Å². The highest BCUT2D eigenvalue weighted by Gasteiger charge is 2.26. The number of nitrogens with one attached hydrogen (secondary N) is 1. The largest absolute Gasteiger partial charge is 0.424 e. The highest BCUT2D eigenvalue weighted by molar-refractivity contribution is 5.81. The van der Waals surface area contributed by atoms with Gasteiger partial charge in [-0.15, -0.1) is 10.2 Å². The van der Waals surface area contributed by atoms with Gasteiger partial charge < -0.3 is 9.73 Å². The number of amides is 1. The summed E-state index contributed by atoms with van der Waals surface area (Å²) in [6.07, 6.45) is 5.42. The Hall–Kier alpha value is -1.43. The molecule has 0 spiro atoms. The summed E-state index contributed by atoms with van der Waals surface area (Å²) in [7, 11) is 1.92. The van der Waals surface area contributed by atoms with E-state index in [1.165, 1.54) is 12.8 Å². The van der Waals surface area contributed by atoms with Gasteiger partial charge in [0.15, 0.2) is 0 Å². The van der Waals surface area contributed by atoms with E-state index in [1.54, 1.807) is 6.92 Å². The lowest BCUT2D eigenvalue weighted by atomic mass is 10.1. The van der Waals surface area contributed by atoms with Gasteiger partial charge in [0.25, 0.3) is 0 Å². The third kappa shape index (κ3) is 3.79. The van der Waals surface area contributed by atoms with Gasteiger partial charge in [0.2, 0.25) is 17.7 Å². The Kier molecular flexibility index (Phi) is 5.11. The van der Waals surface area contributed by atoms with E-state index in [0.29, 0.717) is 24.4 Å². The Labute approximate surface area is 119 Å². The van der Waals surface area contributed by atoms with Crippen LogP contribution in [0.5, 0.6) is 0 Å². The van der Waals surface area contributed by atoms with Gasteiger partial charge in [0.05, 0.1) is 12.6 Å². The van der Waals surface area contributed by atoms with Crippen molar-refractivity contribution in [3.63, 3.8) is 0 Å². The smallest absolute Gasteiger partial charge is 0.237 e. The van der Waals surface area contributed by atoms with Gasteiger partial charge in [-0.25, -0.2) is 0 Å². The van der Waals surface area contributed by atoms with Crippen LogP contribution in [0.3, 0.4) is 0 Å². The molecule has 1 fully saturated rings. The average molecular weight is 280 g/mol.